The number of amides is 1. The van der Waals surface area contributed by atoms with E-state index < -0.39 is 5.97 Å². The fourth-order valence-corrected chi connectivity index (χ4v) is 2.91. The van der Waals surface area contributed by atoms with E-state index in [0.29, 0.717) is 16.7 Å². The lowest BCUT2D eigenvalue weighted by atomic mass is 10.0. The van der Waals surface area contributed by atoms with Gasteiger partial charge in [0.1, 0.15) is 0 Å². The number of carboxylic acids is 1. The summed E-state index contributed by atoms with van der Waals surface area (Å²) in [4.78, 5) is 37.9. The topological polar surface area (TPSA) is 74.7 Å². The van der Waals surface area contributed by atoms with E-state index in [4.69, 9.17) is 5.11 Å². The zero-order valence-electron chi connectivity index (χ0n) is 15.4. The van der Waals surface area contributed by atoms with E-state index in [1.807, 2.05) is 27.7 Å². The van der Waals surface area contributed by atoms with Crippen molar-refractivity contribution in [3.05, 3.63) is 70.8 Å². The normalized spacial score (nSPS) is 10.8. The van der Waals surface area contributed by atoms with Crippen molar-refractivity contribution >= 4 is 17.7 Å². The van der Waals surface area contributed by atoms with E-state index in [9.17, 15) is 14.4 Å². The Bertz CT molecular complexity index is 797. The average molecular weight is 353 g/mol. The second kappa shape index (κ2) is 7.95. The largest absolute Gasteiger partial charge is 0.478 e. The molecule has 0 aliphatic carbocycles. The fourth-order valence-electron chi connectivity index (χ4n) is 2.91. The molecule has 0 aliphatic rings. The van der Waals surface area contributed by atoms with Gasteiger partial charge in [-0.1, -0.05) is 24.3 Å². The first-order chi connectivity index (χ1) is 12.2. The average Bonchev–Trinajstić information content (AvgIpc) is 2.60. The summed E-state index contributed by atoms with van der Waals surface area (Å²) in [5.74, 6) is -1.32. The Morgan fingerprint density at radius 3 is 1.38 bits per heavy atom. The Balaban J connectivity index is 2.22. The van der Waals surface area contributed by atoms with Crippen molar-refractivity contribution in [3.8, 4) is 0 Å². The maximum atomic E-state index is 12.7. The minimum atomic E-state index is -1.04. The molecule has 0 heterocycles. The molecule has 0 aliphatic heterocycles. The van der Waals surface area contributed by atoms with E-state index in [1.54, 1.807) is 29.2 Å². The molecule has 2 aromatic carbocycles. The maximum Gasteiger partial charge on any atom is 0.335 e. The van der Waals surface area contributed by atoms with Crippen LogP contribution in [0, 0.1) is 0 Å². The van der Waals surface area contributed by atoms with Crippen molar-refractivity contribution in [1.29, 1.82) is 0 Å². The maximum absolute atomic E-state index is 12.7. The number of carboxylic acid groups (broad SMARTS) is 1. The predicted octanol–water partition coefficient (Wildman–Crippen LogP) is 3.87. The third kappa shape index (κ3) is 4.17. The van der Waals surface area contributed by atoms with Crippen molar-refractivity contribution in [2.45, 2.75) is 39.8 Å². The second-order valence-electron chi connectivity index (χ2n) is 6.69. The highest BCUT2D eigenvalue weighted by molar-refractivity contribution is 6.09. The molecule has 0 bridgehead atoms. The number of rotatable bonds is 6. The minimum absolute atomic E-state index is 0.0696. The summed E-state index contributed by atoms with van der Waals surface area (Å²) in [5.41, 5.74) is 1.51. The first-order valence-corrected chi connectivity index (χ1v) is 8.53. The molecule has 0 aromatic heterocycles. The molecule has 0 fully saturated rings. The molecule has 0 saturated carbocycles. The number of hydrogen-bond acceptors (Lipinski definition) is 3. The Hall–Kier alpha value is -2.95. The first-order valence-electron chi connectivity index (χ1n) is 8.53. The van der Waals surface area contributed by atoms with Crippen molar-refractivity contribution in [2.75, 3.05) is 0 Å². The fraction of sp³-hybridized carbons (Fsp3) is 0.286. The molecule has 136 valence electrons. The lowest BCUT2D eigenvalue weighted by molar-refractivity contribution is 0.0641. The molecule has 0 spiro atoms. The van der Waals surface area contributed by atoms with Gasteiger partial charge in [0.15, 0.2) is 5.78 Å². The third-order valence-corrected chi connectivity index (χ3v) is 4.14. The molecule has 0 radical (unpaired) electrons. The number of nitrogens with zero attached hydrogens (tertiary/aromatic N) is 1. The van der Waals surface area contributed by atoms with Crippen LogP contribution in [0.1, 0.15) is 64.3 Å². The van der Waals surface area contributed by atoms with Crippen molar-refractivity contribution in [3.63, 3.8) is 0 Å². The molecule has 1 N–H and O–H groups in total. The Kier molecular flexibility index (Phi) is 5.93. The van der Waals surface area contributed by atoms with E-state index in [0.717, 1.165) is 0 Å². The van der Waals surface area contributed by atoms with E-state index in [2.05, 4.69) is 0 Å². The predicted molar refractivity (Wildman–Crippen MR) is 99.7 cm³/mol. The molecule has 0 unspecified atom stereocenters. The van der Waals surface area contributed by atoms with Gasteiger partial charge in [-0.15, -0.1) is 0 Å². The third-order valence-electron chi connectivity index (χ3n) is 4.14. The molecular formula is C21H23NO4. The molecule has 26 heavy (non-hydrogen) atoms. The number of benzene rings is 2. The summed E-state index contributed by atoms with van der Waals surface area (Å²) in [6.45, 7) is 7.88. The zero-order valence-corrected chi connectivity index (χ0v) is 15.4. The number of ketones is 1. The smallest absolute Gasteiger partial charge is 0.335 e. The minimum Gasteiger partial charge on any atom is -0.478 e. The van der Waals surface area contributed by atoms with Crippen LogP contribution >= 0.6 is 0 Å². The molecule has 1 amide bonds. The van der Waals surface area contributed by atoms with E-state index >= 15 is 0 Å². The monoisotopic (exact) mass is 353 g/mol. The number of hydrogen-bond donors (Lipinski definition) is 1. The first kappa shape index (κ1) is 19.4. The summed E-state index contributed by atoms with van der Waals surface area (Å²) in [6.07, 6.45) is 0. The molecular weight excluding hydrogens is 330 g/mol. The van der Waals surface area contributed by atoms with Crippen LogP contribution in [-0.4, -0.2) is 39.7 Å². The standard InChI is InChI=1S/C21H23NO4/c1-13(2)22(14(3)4)20(24)17-9-5-15(6-10-17)19(23)16-7-11-18(12-8-16)21(25)26/h5-14H,1-4H3,(H,25,26). The lowest BCUT2D eigenvalue weighted by Crippen LogP contribution is -2.42. The van der Waals surface area contributed by atoms with Gasteiger partial charge >= 0.3 is 5.97 Å². The highest BCUT2D eigenvalue weighted by Crippen LogP contribution is 2.16. The molecule has 0 saturated heterocycles. The molecule has 5 heteroatoms. The van der Waals surface area contributed by atoms with E-state index in [-0.39, 0.29) is 29.3 Å². The van der Waals surface area contributed by atoms with Crippen LogP contribution in [-0.2, 0) is 0 Å². The number of carbonyl (C=O) groups excluding carboxylic acids is 2. The molecule has 2 rings (SSSR count). The van der Waals surface area contributed by atoms with Crippen LogP contribution in [0.3, 0.4) is 0 Å². The number of aromatic carboxylic acids is 1. The highest BCUT2D eigenvalue weighted by atomic mass is 16.4. The van der Waals surface area contributed by atoms with Gasteiger partial charge in [-0.3, -0.25) is 9.59 Å². The Morgan fingerprint density at radius 1 is 0.692 bits per heavy atom. The van der Waals surface area contributed by atoms with Crippen LogP contribution in [0.5, 0.6) is 0 Å². The summed E-state index contributed by atoms with van der Waals surface area (Å²) in [6, 6.07) is 12.5. The molecule has 5 nitrogen and oxygen atoms in total. The quantitative estimate of drug-likeness (QED) is 0.800. The van der Waals surface area contributed by atoms with Gasteiger partial charge in [-0.05, 0) is 52.0 Å². The van der Waals surface area contributed by atoms with Gasteiger partial charge in [-0.25, -0.2) is 4.79 Å². The van der Waals surface area contributed by atoms with Crippen LogP contribution in [0.15, 0.2) is 48.5 Å². The van der Waals surface area contributed by atoms with Gasteiger partial charge in [0.2, 0.25) is 0 Å². The van der Waals surface area contributed by atoms with Gasteiger partial charge in [0, 0.05) is 28.8 Å². The van der Waals surface area contributed by atoms with Crippen molar-refractivity contribution < 1.29 is 19.5 Å². The zero-order chi connectivity index (χ0) is 19.4. The van der Waals surface area contributed by atoms with Crippen molar-refractivity contribution in [1.82, 2.24) is 4.90 Å². The SMILES string of the molecule is CC(C)N(C(=O)c1ccc(C(=O)c2ccc(C(=O)O)cc2)cc1)C(C)C. The summed E-state index contributed by atoms with van der Waals surface area (Å²) >= 11 is 0. The number of carbonyl (C=O) groups is 3. The van der Waals surface area contributed by atoms with Gasteiger partial charge in [-0.2, -0.15) is 0 Å². The highest BCUT2D eigenvalue weighted by Gasteiger charge is 2.21. The second-order valence-corrected chi connectivity index (χ2v) is 6.69. The van der Waals surface area contributed by atoms with Crippen molar-refractivity contribution in [2.24, 2.45) is 0 Å². The van der Waals surface area contributed by atoms with Crippen LogP contribution < -0.4 is 0 Å². The summed E-state index contributed by atoms with van der Waals surface area (Å²) < 4.78 is 0. The lowest BCUT2D eigenvalue weighted by Gasteiger charge is -2.30. The van der Waals surface area contributed by atoms with Crippen LogP contribution in [0.25, 0.3) is 0 Å². The van der Waals surface area contributed by atoms with Crippen LogP contribution in [0.2, 0.25) is 0 Å². The van der Waals surface area contributed by atoms with E-state index in [1.165, 1.54) is 24.3 Å². The summed E-state index contributed by atoms with van der Waals surface area (Å²) in [5, 5.41) is 8.92. The molecule has 0 atom stereocenters. The van der Waals surface area contributed by atoms with Gasteiger partial charge in [0.25, 0.3) is 5.91 Å². The van der Waals surface area contributed by atoms with Gasteiger partial charge < -0.3 is 10.0 Å². The Morgan fingerprint density at radius 2 is 1.04 bits per heavy atom. The summed E-state index contributed by atoms with van der Waals surface area (Å²) in [7, 11) is 0. The van der Waals surface area contributed by atoms with Gasteiger partial charge in [0.05, 0.1) is 5.56 Å². The van der Waals surface area contributed by atoms with Crippen LogP contribution in [0.4, 0.5) is 0 Å². The molecule has 2 aromatic rings. The Labute approximate surface area is 153 Å².